The number of aromatic nitrogens is 1. The average molecular weight is 384 g/mol. The van der Waals surface area contributed by atoms with Gasteiger partial charge in [0, 0.05) is 9.86 Å². The maximum atomic E-state index is 12.7. The second-order valence-corrected chi connectivity index (χ2v) is 6.25. The van der Waals surface area contributed by atoms with E-state index in [1.807, 2.05) is 12.1 Å². The van der Waals surface area contributed by atoms with Gasteiger partial charge in [0.1, 0.15) is 5.82 Å². The molecule has 0 unspecified atom stereocenters. The molecule has 1 heterocycles. The molecule has 0 bridgehead atoms. The second-order valence-electron chi connectivity index (χ2n) is 4.52. The molecule has 2 aromatic carbocycles. The molecule has 0 fully saturated rings. The molecule has 0 saturated carbocycles. The van der Waals surface area contributed by atoms with E-state index in [4.69, 9.17) is 28.9 Å². The van der Waals surface area contributed by atoms with E-state index in [1.165, 1.54) is 4.57 Å². The van der Waals surface area contributed by atoms with Crippen molar-refractivity contribution in [3.63, 3.8) is 0 Å². The molecule has 3 nitrogen and oxygen atoms in total. The number of pyridine rings is 1. The van der Waals surface area contributed by atoms with Gasteiger partial charge in [0.05, 0.1) is 15.7 Å². The normalized spacial score (nSPS) is 11.0. The molecule has 0 saturated heterocycles. The van der Waals surface area contributed by atoms with Gasteiger partial charge in [-0.15, -0.1) is 0 Å². The Bertz CT molecular complexity index is 898. The van der Waals surface area contributed by atoms with Gasteiger partial charge in [0.2, 0.25) is 0 Å². The zero-order valence-electron chi connectivity index (χ0n) is 10.6. The third-order valence-electron chi connectivity index (χ3n) is 3.16. The first-order chi connectivity index (χ1) is 9.99. The van der Waals surface area contributed by atoms with Crippen molar-refractivity contribution in [2.24, 2.45) is 0 Å². The summed E-state index contributed by atoms with van der Waals surface area (Å²) in [6.45, 7) is 0. The first kappa shape index (κ1) is 14.4. The monoisotopic (exact) mass is 382 g/mol. The number of halogens is 3. The topological polar surface area (TPSA) is 48.0 Å². The van der Waals surface area contributed by atoms with Crippen LogP contribution >= 0.6 is 39.1 Å². The number of nitrogen functional groups attached to an aromatic ring is 1. The Morgan fingerprint density at radius 3 is 2.33 bits per heavy atom. The summed E-state index contributed by atoms with van der Waals surface area (Å²) in [5.41, 5.74) is 6.16. The summed E-state index contributed by atoms with van der Waals surface area (Å²) in [6.07, 6.45) is 0. The SMILES string of the molecule is Nc1cc2ccccc2c(=O)n1-c1c(Cl)cc(Br)cc1Cl. The predicted molar refractivity (Wildman–Crippen MR) is 91.7 cm³/mol. The van der Waals surface area contributed by atoms with Crippen molar-refractivity contribution in [3.8, 4) is 5.69 Å². The van der Waals surface area contributed by atoms with Gasteiger partial charge < -0.3 is 5.73 Å². The van der Waals surface area contributed by atoms with Crippen LogP contribution in [0.25, 0.3) is 16.5 Å². The number of hydrogen-bond donors (Lipinski definition) is 1. The summed E-state index contributed by atoms with van der Waals surface area (Å²) >= 11 is 15.8. The van der Waals surface area contributed by atoms with Crippen molar-refractivity contribution >= 4 is 55.7 Å². The van der Waals surface area contributed by atoms with Gasteiger partial charge in [-0.3, -0.25) is 9.36 Å². The van der Waals surface area contributed by atoms with Crippen molar-refractivity contribution in [2.75, 3.05) is 5.73 Å². The highest BCUT2D eigenvalue weighted by Gasteiger charge is 2.15. The van der Waals surface area contributed by atoms with Gasteiger partial charge in [-0.1, -0.05) is 57.3 Å². The van der Waals surface area contributed by atoms with Crippen LogP contribution in [0.5, 0.6) is 0 Å². The van der Waals surface area contributed by atoms with Crippen LogP contribution in [0.15, 0.2) is 51.7 Å². The fourth-order valence-electron chi connectivity index (χ4n) is 2.26. The van der Waals surface area contributed by atoms with E-state index in [2.05, 4.69) is 15.9 Å². The van der Waals surface area contributed by atoms with E-state index < -0.39 is 0 Å². The highest BCUT2D eigenvalue weighted by atomic mass is 79.9. The van der Waals surface area contributed by atoms with Crippen LogP contribution in [0, 0.1) is 0 Å². The minimum absolute atomic E-state index is 0.253. The highest BCUT2D eigenvalue weighted by Crippen LogP contribution is 2.33. The Balaban J connectivity index is 2.44. The van der Waals surface area contributed by atoms with E-state index in [0.29, 0.717) is 21.1 Å². The lowest BCUT2D eigenvalue weighted by Crippen LogP contribution is -2.22. The lowest BCUT2D eigenvalue weighted by atomic mass is 10.1. The first-order valence-corrected chi connectivity index (χ1v) is 7.59. The minimum atomic E-state index is -0.253. The third kappa shape index (κ3) is 2.44. The quantitative estimate of drug-likeness (QED) is 0.665. The maximum absolute atomic E-state index is 12.7. The maximum Gasteiger partial charge on any atom is 0.264 e. The largest absolute Gasteiger partial charge is 0.385 e. The fourth-order valence-corrected chi connectivity index (χ4v) is 3.64. The summed E-state index contributed by atoms with van der Waals surface area (Å²) < 4.78 is 2.06. The van der Waals surface area contributed by atoms with Gasteiger partial charge in [-0.05, 0) is 29.7 Å². The summed E-state index contributed by atoms with van der Waals surface area (Å²) in [4.78, 5) is 12.7. The Morgan fingerprint density at radius 2 is 1.67 bits per heavy atom. The number of nitrogens with two attached hydrogens (primary N) is 1. The molecule has 3 aromatic rings. The van der Waals surface area contributed by atoms with Gasteiger partial charge in [-0.2, -0.15) is 0 Å². The zero-order valence-corrected chi connectivity index (χ0v) is 13.7. The molecule has 21 heavy (non-hydrogen) atoms. The molecule has 0 spiro atoms. The van der Waals surface area contributed by atoms with Gasteiger partial charge >= 0.3 is 0 Å². The van der Waals surface area contributed by atoms with Crippen LogP contribution < -0.4 is 11.3 Å². The van der Waals surface area contributed by atoms with Crippen molar-refractivity contribution < 1.29 is 0 Å². The third-order valence-corrected chi connectivity index (χ3v) is 4.20. The van der Waals surface area contributed by atoms with Crippen LogP contribution in [0.1, 0.15) is 0 Å². The van der Waals surface area contributed by atoms with Crippen LogP contribution in [-0.2, 0) is 0 Å². The number of anilines is 1. The Hall–Kier alpha value is -1.49. The second kappa shape index (κ2) is 5.37. The van der Waals surface area contributed by atoms with E-state index >= 15 is 0 Å². The average Bonchev–Trinajstić information content (AvgIpc) is 2.41. The molecule has 0 aliphatic carbocycles. The molecule has 106 valence electrons. The van der Waals surface area contributed by atoms with Crippen molar-refractivity contribution in [2.45, 2.75) is 0 Å². The van der Waals surface area contributed by atoms with E-state index in [-0.39, 0.29) is 11.4 Å². The molecule has 0 aliphatic rings. The van der Waals surface area contributed by atoms with Crippen LogP contribution in [0.3, 0.4) is 0 Å². The molecule has 0 aliphatic heterocycles. The van der Waals surface area contributed by atoms with Crippen molar-refractivity contribution in [1.82, 2.24) is 4.57 Å². The van der Waals surface area contributed by atoms with Gasteiger partial charge in [0.25, 0.3) is 5.56 Å². The van der Waals surface area contributed by atoms with Crippen LogP contribution in [0.2, 0.25) is 10.0 Å². The molecule has 3 rings (SSSR count). The number of hydrogen-bond acceptors (Lipinski definition) is 2. The van der Waals surface area contributed by atoms with Gasteiger partial charge in [0.15, 0.2) is 0 Å². The standard InChI is InChI=1S/C15H9BrCl2N2O/c16-9-6-11(17)14(12(18)7-9)20-13(19)5-8-3-1-2-4-10(8)15(20)21/h1-7H,19H2. The molecule has 2 N–H and O–H groups in total. The molecule has 0 atom stereocenters. The predicted octanol–water partition coefficient (Wildman–Crippen LogP) is 4.64. The lowest BCUT2D eigenvalue weighted by Gasteiger charge is -2.14. The molecule has 0 amide bonds. The number of rotatable bonds is 1. The smallest absolute Gasteiger partial charge is 0.264 e. The molecule has 1 aromatic heterocycles. The first-order valence-electron chi connectivity index (χ1n) is 6.04. The lowest BCUT2D eigenvalue weighted by molar-refractivity contribution is 1.02. The van der Waals surface area contributed by atoms with E-state index in [0.717, 1.165) is 9.86 Å². The minimum Gasteiger partial charge on any atom is -0.385 e. The summed E-state index contributed by atoms with van der Waals surface area (Å²) in [7, 11) is 0. The molecular formula is C15H9BrCl2N2O. The van der Waals surface area contributed by atoms with E-state index in [1.54, 1.807) is 30.3 Å². The van der Waals surface area contributed by atoms with Crippen LogP contribution in [-0.4, -0.2) is 4.57 Å². The summed E-state index contributed by atoms with van der Waals surface area (Å²) in [6, 6.07) is 12.3. The van der Waals surface area contributed by atoms with Gasteiger partial charge in [-0.25, -0.2) is 0 Å². The molecule has 0 radical (unpaired) electrons. The fraction of sp³-hybridized carbons (Fsp3) is 0. The Labute approximate surface area is 139 Å². The number of benzene rings is 2. The molecular weight excluding hydrogens is 375 g/mol. The van der Waals surface area contributed by atoms with Crippen LogP contribution in [0.4, 0.5) is 5.82 Å². The number of nitrogens with zero attached hydrogens (tertiary/aromatic N) is 1. The van der Waals surface area contributed by atoms with E-state index in [9.17, 15) is 4.79 Å². The van der Waals surface area contributed by atoms with Crippen molar-refractivity contribution in [3.05, 3.63) is 67.3 Å². The zero-order chi connectivity index (χ0) is 15.1. The summed E-state index contributed by atoms with van der Waals surface area (Å²) in [5, 5.41) is 2.03. The summed E-state index contributed by atoms with van der Waals surface area (Å²) in [5.74, 6) is 0.282. The molecule has 6 heteroatoms. The Morgan fingerprint density at radius 1 is 1.05 bits per heavy atom. The number of fused-ring (bicyclic) bond motifs is 1. The highest BCUT2D eigenvalue weighted by molar-refractivity contribution is 9.10. The van der Waals surface area contributed by atoms with Crippen molar-refractivity contribution in [1.29, 1.82) is 0 Å². The Kier molecular flexibility index (Phi) is 3.69.